The van der Waals surface area contributed by atoms with Crippen LogP contribution in [0.5, 0.6) is 5.75 Å². The van der Waals surface area contributed by atoms with Gasteiger partial charge < -0.3 is 24.4 Å². The summed E-state index contributed by atoms with van der Waals surface area (Å²) in [6.45, 7) is 5.32. The minimum atomic E-state index is 0.0616. The lowest BCUT2D eigenvalue weighted by atomic mass is 9.74. The van der Waals surface area contributed by atoms with Crippen LogP contribution >= 0.6 is 0 Å². The van der Waals surface area contributed by atoms with E-state index < -0.39 is 0 Å². The SMILES string of the molecule is CN=C(NCC1(c2ccc(OC)cc2)CCOCC1)N1CCC(COC)C1. The van der Waals surface area contributed by atoms with E-state index in [1.54, 1.807) is 14.2 Å². The molecule has 1 aromatic rings. The minimum absolute atomic E-state index is 0.0616. The van der Waals surface area contributed by atoms with E-state index in [9.17, 15) is 0 Å². The maximum Gasteiger partial charge on any atom is 0.193 e. The lowest BCUT2D eigenvalue weighted by Gasteiger charge is -2.39. The van der Waals surface area contributed by atoms with Crippen LogP contribution in [0.2, 0.25) is 0 Å². The van der Waals surface area contributed by atoms with Crippen LogP contribution in [0.25, 0.3) is 0 Å². The van der Waals surface area contributed by atoms with Crippen LogP contribution in [0.4, 0.5) is 0 Å². The van der Waals surface area contributed by atoms with Crippen molar-refractivity contribution in [2.24, 2.45) is 10.9 Å². The van der Waals surface area contributed by atoms with Crippen LogP contribution in [0.15, 0.2) is 29.3 Å². The molecule has 2 heterocycles. The van der Waals surface area contributed by atoms with Crippen LogP contribution in [-0.2, 0) is 14.9 Å². The molecule has 0 aromatic heterocycles. The third kappa shape index (κ3) is 4.74. The van der Waals surface area contributed by atoms with E-state index in [-0.39, 0.29) is 5.41 Å². The molecular formula is C21H33N3O3. The number of guanidine groups is 1. The second kappa shape index (κ2) is 9.42. The second-order valence-electron chi connectivity index (χ2n) is 7.58. The monoisotopic (exact) mass is 375 g/mol. The molecule has 0 bridgehead atoms. The van der Waals surface area contributed by atoms with E-state index in [1.807, 2.05) is 7.05 Å². The summed E-state index contributed by atoms with van der Waals surface area (Å²) in [4.78, 5) is 6.89. The number of methoxy groups -OCH3 is 2. The number of hydrogen-bond donors (Lipinski definition) is 1. The smallest absolute Gasteiger partial charge is 0.193 e. The van der Waals surface area contributed by atoms with Crippen LogP contribution in [0.3, 0.4) is 0 Å². The van der Waals surface area contributed by atoms with E-state index in [0.29, 0.717) is 5.92 Å². The Bertz CT molecular complexity index is 612. The summed E-state index contributed by atoms with van der Waals surface area (Å²) in [7, 11) is 5.35. The lowest BCUT2D eigenvalue weighted by molar-refractivity contribution is 0.0512. The average molecular weight is 376 g/mol. The van der Waals surface area contributed by atoms with Gasteiger partial charge in [-0.05, 0) is 37.0 Å². The van der Waals surface area contributed by atoms with Gasteiger partial charge in [-0.1, -0.05) is 12.1 Å². The Hall–Kier alpha value is -1.79. The standard InChI is InChI=1S/C21H33N3O3/c1-22-20(24-11-8-17(14-24)15-25-2)23-16-21(9-12-27-13-10-21)18-4-6-19(26-3)7-5-18/h4-7,17H,8-16H2,1-3H3,(H,22,23). The van der Waals surface area contributed by atoms with Gasteiger partial charge in [-0.3, -0.25) is 4.99 Å². The van der Waals surface area contributed by atoms with Crippen molar-refractivity contribution in [2.75, 3.05) is 60.7 Å². The summed E-state index contributed by atoms with van der Waals surface area (Å²) in [5.41, 5.74) is 1.40. The molecule has 2 aliphatic heterocycles. The topological polar surface area (TPSA) is 55.3 Å². The van der Waals surface area contributed by atoms with E-state index >= 15 is 0 Å². The van der Waals surface area contributed by atoms with Gasteiger partial charge in [0.1, 0.15) is 5.75 Å². The van der Waals surface area contributed by atoms with Crippen molar-refractivity contribution in [2.45, 2.75) is 24.7 Å². The zero-order valence-corrected chi connectivity index (χ0v) is 16.9. The van der Waals surface area contributed by atoms with Crippen LogP contribution in [0, 0.1) is 5.92 Å². The Morgan fingerprint density at radius 3 is 2.63 bits per heavy atom. The highest BCUT2D eigenvalue weighted by Gasteiger charge is 2.35. The summed E-state index contributed by atoms with van der Waals surface area (Å²) in [6.07, 6.45) is 3.18. The van der Waals surface area contributed by atoms with E-state index in [2.05, 4.69) is 39.5 Å². The Morgan fingerprint density at radius 1 is 1.26 bits per heavy atom. The van der Waals surface area contributed by atoms with Gasteiger partial charge in [-0.25, -0.2) is 0 Å². The molecule has 6 nitrogen and oxygen atoms in total. The van der Waals surface area contributed by atoms with Crippen molar-refractivity contribution in [1.82, 2.24) is 10.2 Å². The van der Waals surface area contributed by atoms with Gasteiger partial charge in [0, 0.05) is 58.3 Å². The van der Waals surface area contributed by atoms with Gasteiger partial charge in [0.25, 0.3) is 0 Å². The molecular weight excluding hydrogens is 342 g/mol. The number of rotatable bonds is 6. The second-order valence-corrected chi connectivity index (χ2v) is 7.58. The summed E-state index contributed by atoms with van der Waals surface area (Å²) < 4.78 is 16.3. The van der Waals surface area contributed by atoms with Crippen LogP contribution in [0.1, 0.15) is 24.8 Å². The van der Waals surface area contributed by atoms with Crippen LogP contribution < -0.4 is 10.1 Å². The number of nitrogens with one attached hydrogen (secondary N) is 1. The molecule has 0 spiro atoms. The first-order valence-corrected chi connectivity index (χ1v) is 9.87. The number of hydrogen-bond acceptors (Lipinski definition) is 4. The molecule has 27 heavy (non-hydrogen) atoms. The highest BCUT2D eigenvalue weighted by Crippen LogP contribution is 2.35. The van der Waals surface area contributed by atoms with E-state index in [1.165, 1.54) is 5.56 Å². The first-order chi connectivity index (χ1) is 13.2. The molecule has 2 aliphatic rings. The molecule has 0 amide bonds. The van der Waals surface area contributed by atoms with Gasteiger partial charge in [0.15, 0.2) is 5.96 Å². The zero-order chi connectivity index (χ0) is 19.1. The highest BCUT2D eigenvalue weighted by molar-refractivity contribution is 5.80. The molecule has 1 N–H and O–H groups in total. The van der Waals surface area contributed by atoms with Crippen molar-refractivity contribution >= 4 is 5.96 Å². The van der Waals surface area contributed by atoms with Crippen molar-refractivity contribution in [3.05, 3.63) is 29.8 Å². The van der Waals surface area contributed by atoms with Gasteiger partial charge in [0.2, 0.25) is 0 Å². The fourth-order valence-corrected chi connectivity index (χ4v) is 4.25. The molecule has 1 atom stereocenters. The fraction of sp³-hybridized carbons (Fsp3) is 0.667. The maximum atomic E-state index is 5.66. The van der Waals surface area contributed by atoms with Crippen molar-refractivity contribution in [1.29, 1.82) is 0 Å². The molecule has 1 unspecified atom stereocenters. The van der Waals surface area contributed by atoms with Crippen molar-refractivity contribution in [3.8, 4) is 5.75 Å². The number of aliphatic imine (C=N–C) groups is 1. The number of nitrogens with zero attached hydrogens (tertiary/aromatic N) is 2. The van der Waals surface area contributed by atoms with Gasteiger partial charge in [0.05, 0.1) is 13.7 Å². The maximum absolute atomic E-state index is 5.66. The van der Waals surface area contributed by atoms with Gasteiger partial charge in [-0.15, -0.1) is 0 Å². The Balaban J connectivity index is 1.69. The Labute approximate surface area is 162 Å². The number of ether oxygens (including phenoxy) is 3. The summed E-state index contributed by atoms with van der Waals surface area (Å²) in [5.74, 6) is 2.48. The third-order valence-corrected chi connectivity index (χ3v) is 5.94. The summed E-state index contributed by atoms with van der Waals surface area (Å²) >= 11 is 0. The average Bonchev–Trinajstić information content (AvgIpc) is 3.18. The van der Waals surface area contributed by atoms with Crippen LogP contribution in [-0.4, -0.2) is 71.6 Å². The highest BCUT2D eigenvalue weighted by atomic mass is 16.5. The predicted octanol–water partition coefficient (Wildman–Crippen LogP) is 2.29. The molecule has 3 rings (SSSR count). The normalized spacial score (nSPS) is 22.7. The van der Waals surface area contributed by atoms with E-state index in [0.717, 1.165) is 70.4 Å². The summed E-state index contributed by atoms with van der Waals surface area (Å²) in [6, 6.07) is 8.49. The minimum Gasteiger partial charge on any atom is -0.497 e. The first-order valence-electron chi connectivity index (χ1n) is 9.87. The molecule has 0 aliphatic carbocycles. The molecule has 2 saturated heterocycles. The largest absolute Gasteiger partial charge is 0.497 e. The quantitative estimate of drug-likeness (QED) is 0.611. The predicted molar refractivity (Wildman–Crippen MR) is 108 cm³/mol. The molecule has 6 heteroatoms. The first kappa shape index (κ1) is 20.0. The third-order valence-electron chi connectivity index (χ3n) is 5.94. The lowest BCUT2D eigenvalue weighted by Crippen LogP contribution is -2.49. The van der Waals surface area contributed by atoms with E-state index in [4.69, 9.17) is 14.2 Å². The Morgan fingerprint density at radius 2 is 2.00 bits per heavy atom. The van der Waals surface area contributed by atoms with Crippen molar-refractivity contribution < 1.29 is 14.2 Å². The zero-order valence-electron chi connectivity index (χ0n) is 16.9. The molecule has 150 valence electrons. The van der Waals surface area contributed by atoms with Gasteiger partial charge in [-0.2, -0.15) is 0 Å². The number of benzene rings is 1. The molecule has 1 aromatic carbocycles. The summed E-state index contributed by atoms with van der Waals surface area (Å²) in [5, 5.41) is 3.66. The fourth-order valence-electron chi connectivity index (χ4n) is 4.25. The van der Waals surface area contributed by atoms with Crippen molar-refractivity contribution in [3.63, 3.8) is 0 Å². The molecule has 2 fully saturated rings. The molecule has 0 saturated carbocycles. The Kier molecular flexibility index (Phi) is 6.96. The molecule has 0 radical (unpaired) electrons. The van der Waals surface area contributed by atoms with Gasteiger partial charge >= 0.3 is 0 Å². The number of likely N-dealkylation sites (tertiary alicyclic amines) is 1.